The van der Waals surface area contributed by atoms with Gasteiger partial charge in [0.1, 0.15) is 0 Å². The fraction of sp³-hybridized carbons (Fsp3) is 0.167. The average Bonchev–Trinajstić information content (AvgIpc) is 3.02. The Labute approximate surface area is 160 Å². The summed E-state index contributed by atoms with van der Waals surface area (Å²) in [6.45, 7) is 0. The van der Waals surface area contributed by atoms with Gasteiger partial charge in [-0.25, -0.2) is 0 Å². The molecule has 1 heterocycles. The van der Waals surface area contributed by atoms with Gasteiger partial charge in [-0.15, -0.1) is 0 Å². The SMILES string of the molecule is COc1ccc(/C=N\n2c(CCc3ccccc3)n[nH]c2=S)c(Cl)c1O. The number of halogens is 1. The van der Waals surface area contributed by atoms with Crippen molar-refractivity contribution in [2.24, 2.45) is 5.10 Å². The van der Waals surface area contributed by atoms with Crippen LogP contribution in [0, 0.1) is 4.77 Å². The van der Waals surface area contributed by atoms with E-state index in [4.69, 9.17) is 28.6 Å². The molecule has 0 spiro atoms. The second kappa shape index (κ2) is 8.16. The van der Waals surface area contributed by atoms with E-state index in [0.717, 1.165) is 6.42 Å². The van der Waals surface area contributed by atoms with Gasteiger partial charge in [0.05, 0.1) is 18.3 Å². The van der Waals surface area contributed by atoms with Gasteiger partial charge in [0.2, 0.25) is 4.77 Å². The van der Waals surface area contributed by atoms with Crippen LogP contribution in [0.25, 0.3) is 0 Å². The number of aromatic hydroxyl groups is 1. The van der Waals surface area contributed by atoms with E-state index in [9.17, 15) is 5.11 Å². The Hall–Kier alpha value is -2.64. The van der Waals surface area contributed by atoms with Gasteiger partial charge >= 0.3 is 0 Å². The van der Waals surface area contributed by atoms with E-state index in [1.165, 1.54) is 18.9 Å². The Morgan fingerprint density at radius 1 is 1.27 bits per heavy atom. The molecule has 0 aliphatic carbocycles. The number of H-pyrrole nitrogens is 1. The Morgan fingerprint density at radius 3 is 2.77 bits per heavy atom. The van der Waals surface area contributed by atoms with Gasteiger partial charge in [0.25, 0.3) is 0 Å². The lowest BCUT2D eigenvalue weighted by Gasteiger charge is -2.06. The van der Waals surface area contributed by atoms with Crippen LogP contribution in [0.2, 0.25) is 5.02 Å². The lowest BCUT2D eigenvalue weighted by Crippen LogP contribution is -2.01. The number of aryl methyl sites for hydroxylation is 2. The number of ether oxygens (including phenoxy) is 1. The maximum Gasteiger partial charge on any atom is 0.216 e. The molecule has 0 saturated carbocycles. The van der Waals surface area contributed by atoms with E-state index in [1.807, 2.05) is 18.2 Å². The van der Waals surface area contributed by atoms with Crippen LogP contribution in [-0.4, -0.2) is 33.3 Å². The molecule has 0 aliphatic rings. The normalized spacial score (nSPS) is 11.2. The van der Waals surface area contributed by atoms with E-state index < -0.39 is 0 Å². The van der Waals surface area contributed by atoms with Crippen LogP contribution in [0.5, 0.6) is 11.5 Å². The molecule has 3 aromatic rings. The van der Waals surface area contributed by atoms with E-state index in [-0.39, 0.29) is 10.8 Å². The fourth-order valence-corrected chi connectivity index (χ4v) is 2.86. The molecule has 0 amide bonds. The molecule has 8 heteroatoms. The summed E-state index contributed by atoms with van der Waals surface area (Å²) >= 11 is 11.4. The van der Waals surface area contributed by atoms with Crippen LogP contribution in [0.15, 0.2) is 47.6 Å². The van der Waals surface area contributed by atoms with Crippen molar-refractivity contribution in [1.82, 2.24) is 14.9 Å². The third-order valence-corrected chi connectivity index (χ3v) is 4.50. The average molecular weight is 389 g/mol. The Bertz CT molecular complexity index is 983. The zero-order valence-corrected chi connectivity index (χ0v) is 15.6. The van der Waals surface area contributed by atoms with E-state index >= 15 is 0 Å². The molecule has 0 saturated heterocycles. The third-order valence-electron chi connectivity index (χ3n) is 3.84. The maximum absolute atomic E-state index is 9.99. The number of rotatable bonds is 6. The highest BCUT2D eigenvalue weighted by Crippen LogP contribution is 2.35. The molecule has 1 aromatic heterocycles. The first-order valence-corrected chi connectivity index (χ1v) is 8.69. The van der Waals surface area contributed by atoms with Crippen LogP contribution in [0.3, 0.4) is 0 Å². The molecular weight excluding hydrogens is 372 g/mol. The molecule has 0 atom stereocenters. The number of methoxy groups -OCH3 is 1. The number of nitrogens with one attached hydrogen (secondary N) is 1. The van der Waals surface area contributed by atoms with Crippen molar-refractivity contribution < 1.29 is 9.84 Å². The molecule has 3 rings (SSSR count). The first kappa shape index (κ1) is 18.2. The molecular formula is C18H17ClN4O2S. The second-order valence-corrected chi connectivity index (χ2v) is 6.27. The van der Waals surface area contributed by atoms with Crippen molar-refractivity contribution in [3.05, 3.63) is 69.2 Å². The number of phenolic OH excluding ortho intramolecular Hbond substituents is 1. The van der Waals surface area contributed by atoms with Crippen molar-refractivity contribution in [3.63, 3.8) is 0 Å². The van der Waals surface area contributed by atoms with Gasteiger partial charge in [0, 0.05) is 12.0 Å². The molecule has 2 aromatic carbocycles. The third kappa shape index (κ3) is 3.95. The molecule has 0 aliphatic heterocycles. The molecule has 134 valence electrons. The van der Waals surface area contributed by atoms with Gasteiger partial charge in [-0.2, -0.15) is 14.9 Å². The largest absolute Gasteiger partial charge is 0.503 e. The van der Waals surface area contributed by atoms with Crippen LogP contribution in [0.1, 0.15) is 17.0 Å². The molecule has 0 unspecified atom stereocenters. The summed E-state index contributed by atoms with van der Waals surface area (Å²) in [5, 5.41) is 21.5. The maximum atomic E-state index is 9.99. The standard InChI is InChI=1S/C18H17ClN4O2S/c1-25-14-9-8-13(16(19)17(14)24)11-20-23-15(21-22-18(23)26)10-7-12-5-3-2-4-6-12/h2-6,8-9,11,24H,7,10H2,1H3,(H,22,26)/b20-11-. The number of phenols is 1. The van der Waals surface area contributed by atoms with Crippen molar-refractivity contribution in [1.29, 1.82) is 0 Å². The summed E-state index contributed by atoms with van der Waals surface area (Å²) in [5.74, 6) is 0.887. The van der Waals surface area contributed by atoms with Crippen LogP contribution < -0.4 is 4.74 Å². The second-order valence-electron chi connectivity index (χ2n) is 5.51. The lowest BCUT2D eigenvalue weighted by atomic mass is 10.1. The first-order chi connectivity index (χ1) is 12.6. The Balaban J connectivity index is 1.82. The minimum atomic E-state index is -0.127. The van der Waals surface area contributed by atoms with E-state index in [0.29, 0.717) is 28.3 Å². The monoisotopic (exact) mass is 388 g/mol. The van der Waals surface area contributed by atoms with Gasteiger partial charge in [-0.3, -0.25) is 5.10 Å². The summed E-state index contributed by atoms with van der Waals surface area (Å²) in [4.78, 5) is 0. The molecule has 0 bridgehead atoms. The van der Waals surface area contributed by atoms with E-state index in [1.54, 1.807) is 16.8 Å². The Morgan fingerprint density at radius 2 is 2.04 bits per heavy atom. The lowest BCUT2D eigenvalue weighted by molar-refractivity contribution is 0.373. The predicted octanol–water partition coefficient (Wildman–Crippen LogP) is 3.98. The minimum Gasteiger partial charge on any atom is -0.503 e. The summed E-state index contributed by atoms with van der Waals surface area (Å²) in [7, 11) is 1.46. The zero-order valence-electron chi connectivity index (χ0n) is 14.0. The Kier molecular flexibility index (Phi) is 5.70. The summed E-state index contributed by atoms with van der Waals surface area (Å²) in [5.41, 5.74) is 1.75. The van der Waals surface area contributed by atoms with Crippen molar-refractivity contribution in [2.75, 3.05) is 7.11 Å². The highest BCUT2D eigenvalue weighted by molar-refractivity contribution is 7.71. The highest BCUT2D eigenvalue weighted by Gasteiger charge is 2.11. The van der Waals surface area contributed by atoms with Crippen molar-refractivity contribution in [2.45, 2.75) is 12.8 Å². The molecule has 0 radical (unpaired) electrons. The molecule has 2 N–H and O–H groups in total. The zero-order chi connectivity index (χ0) is 18.5. The van der Waals surface area contributed by atoms with Gasteiger partial charge in [0.15, 0.2) is 17.3 Å². The summed E-state index contributed by atoms with van der Waals surface area (Å²) in [6.07, 6.45) is 3.02. The summed E-state index contributed by atoms with van der Waals surface area (Å²) in [6, 6.07) is 13.4. The van der Waals surface area contributed by atoms with Gasteiger partial charge < -0.3 is 9.84 Å². The quantitative estimate of drug-likeness (QED) is 0.494. The van der Waals surface area contributed by atoms with Crippen LogP contribution in [-0.2, 0) is 12.8 Å². The minimum absolute atomic E-state index is 0.127. The number of nitrogens with zero attached hydrogens (tertiary/aromatic N) is 3. The molecule has 0 fully saturated rings. The first-order valence-electron chi connectivity index (χ1n) is 7.90. The van der Waals surface area contributed by atoms with Crippen molar-refractivity contribution in [3.8, 4) is 11.5 Å². The number of aromatic amines is 1. The number of aromatic nitrogens is 3. The van der Waals surface area contributed by atoms with Crippen molar-refractivity contribution >= 4 is 30.0 Å². The predicted molar refractivity (Wildman–Crippen MR) is 104 cm³/mol. The number of hydrogen-bond donors (Lipinski definition) is 2. The van der Waals surface area contributed by atoms with E-state index in [2.05, 4.69) is 27.4 Å². The number of hydrogen-bond acceptors (Lipinski definition) is 5. The smallest absolute Gasteiger partial charge is 0.216 e. The highest BCUT2D eigenvalue weighted by atomic mass is 35.5. The van der Waals surface area contributed by atoms with Gasteiger partial charge in [-0.05, 0) is 36.3 Å². The number of benzene rings is 2. The van der Waals surface area contributed by atoms with Crippen LogP contribution >= 0.6 is 23.8 Å². The molecule has 6 nitrogen and oxygen atoms in total. The topological polar surface area (TPSA) is 75.4 Å². The van der Waals surface area contributed by atoms with Crippen LogP contribution in [0.4, 0.5) is 0 Å². The summed E-state index contributed by atoms with van der Waals surface area (Å²) < 4.78 is 6.97. The van der Waals surface area contributed by atoms with Gasteiger partial charge in [-0.1, -0.05) is 41.9 Å². The molecule has 26 heavy (non-hydrogen) atoms. The fourth-order valence-electron chi connectivity index (χ4n) is 2.45.